The first-order valence-electron chi connectivity index (χ1n) is 9.31. The van der Waals surface area contributed by atoms with Crippen LogP contribution < -0.4 is 10.1 Å². The van der Waals surface area contributed by atoms with E-state index >= 15 is 0 Å². The Morgan fingerprint density at radius 2 is 1.82 bits per heavy atom. The molecule has 5 nitrogen and oxygen atoms in total. The van der Waals surface area contributed by atoms with Gasteiger partial charge in [0.15, 0.2) is 0 Å². The van der Waals surface area contributed by atoms with Crippen molar-refractivity contribution in [2.24, 2.45) is 5.92 Å². The van der Waals surface area contributed by atoms with Crippen LogP contribution in [0.3, 0.4) is 0 Å². The fourth-order valence-corrected chi connectivity index (χ4v) is 2.49. The molecule has 0 saturated carbocycles. The van der Waals surface area contributed by atoms with Crippen LogP contribution in [0.15, 0.2) is 42.5 Å². The summed E-state index contributed by atoms with van der Waals surface area (Å²) >= 11 is 5.98. The van der Waals surface area contributed by atoms with Crippen LogP contribution >= 0.6 is 11.6 Å². The molecule has 0 atom stereocenters. The van der Waals surface area contributed by atoms with Gasteiger partial charge in [0.2, 0.25) is 5.91 Å². The van der Waals surface area contributed by atoms with E-state index in [4.69, 9.17) is 21.1 Å². The van der Waals surface area contributed by atoms with Gasteiger partial charge in [-0.2, -0.15) is 0 Å². The number of halogens is 1. The monoisotopic (exact) mass is 403 g/mol. The molecule has 0 aliphatic rings. The molecule has 28 heavy (non-hydrogen) atoms. The number of hydrogen-bond donors (Lipinski definition) is 1. The van der Waals surface area contributed by atoms with E-state index in [2.05, 4.69) is 5.32 Å². The Balaban J connectivity index is 1.72. The number of esters is 1. The van der Waals surface area contributed by atoms with Gasteiger partial charge in [0, 0.05) is 17.1 Å². The lowest BCUT2D eigenvalue weighted by Crippen LogP contribution is -2.13. The van der Waals surface area contributed by atoms with E-state index < -0.39 is 0 Å². The molecule has 0 radical (unpaired) electrons. The number of benzene rings is 2. The Hall–Kier alpha value is -2.53. The fourth-order valence-electron chi connectivity index (χ4n) is 2.37. The average Bonchev–Trinajstić information content (AvgIpc) is 2.66. The summed E-state index contributed by atoms with van der Waals surface area (Å²) in [7, 11) is 0. The summed E-state index contributed by atoms with van der Waals surface area (Å²) in [6.45, 7) is 6.70. The van der Waals surface area contributed by atoms with Crippen molar-refractivity contribution in [3.63, 3.8) is 0 Å². The van der Waals surface area contributed by atoms with Gasteiger partial charge < -0.3 is 14.8 Å². The fraction of sp³-hybridized carbons (Fsp3) is 0.364. The zero-order valence-electron chi connectivity index (χ0n) is 16.5. The van der Waals surface area contributed by atoms with E-state index in [1.54, 1.807) is 30.3 Å². The van der Waals surface area contributed by atoms with Gasteiger partial charge in [-0.15, -0.1) is 0 Å². The number of amides is 1. The number of carbonyl (C=O) groups excluding carboxylic acids is 2. The van der Waals surface area contributed by atoms with Crippen molar-refractivity contribution < 1.29 is 19.1 Å². The summed E-state index contributed by atoms with van der Waals surface area (Å²) < 4.78 is 10.8. The maximum absolute atomic E-state index is 12.0. The zero-order valence-corrected chi connectivity index (χ0v) is 17.2. The molecule has 1 amide bonds. The van der Waals surface area contributed by atoms with Crippen molar-refractivity contribution >= 4 is 29.2 Å². The quantitative estimate of drug-likeness (QED) is 0.458. The van der Waals surface area contributed by atoms with E-state index in [1.807, 2.05) is 32.9 Å². The lowest BCUT2D eigenvalue weighted by molar-refractivity contribution is -0.116. The third-order valence-corrected chi connectivity index (χ3v) is 4.32. The lowest BCUT2D eigenvalue weighted by Gasteiger charge is -2.09. The molecule has 1 N–H and O–H groups in total. The van der Waals surface area contributed by atoms with Crippen LogP contribution in [0, 0.1) is 12.8 Å². The number of aryl methyl sites for hydroxylation is 1. The van der Waals surface area contributed by atoms with Crippen LogP contribution in [0.2, 0.25) is 5.02 Å². The minimum Gasteiger partial charge on any atom is -0.494 e. The van der Waals surface area contributed by atoms with Crippen molar-refractivity contribution in [1.82, 2.24) is 0 Å². The number of nitrogens with one attached hydrogen (secondary N) is 1. The molecular formula is C22H26ClNO4. The van der Waals surface area contributed by atoms with Crippen LogP contribution in [0.25, 0.3) is 0 Å². The molecule has 0 saturated heterocycles. The molecular weight excluding hydrogens is 378 g/mol. The molecule has 6 heteroatoms. The summed E-state index contributed by atoms with van der Waals surface area (Å²) in [6.07, 6.45) is 0.928. The van der Waals surface area contributed by atoms with E-state index in [1.165, 1.54) is 0 Å². The highest BCUT2D eigenvalue weighted by Gasteiger charge is 2.09. The van der Waals surface area contributed by atoms with Crippen LogP contribution in [-0.4, -0.2) is 25.1 Å². The van der Waals surface area contributed by atoms with Gasteiger partial charge >= 0.3 is 5.97 Å². The van der Waals surface area contributed by atoms with Crippen LogP contribution in [0.4, 0.5) is 5.69 Å². The topological polar surface area (TPSA) is 64.6 Å². The van der Waals surface area contributed by atoms with E-state index in [0.717, 1.165) is 11.3 Å². The van der Waals surface area contributed by atoms with E-state index in [9.17, 15) is 9.59 Å². The first kappa shape index (κ1) is 21.8. The summed E-state index contributed by atoms with van der Waals surface area (Å²) in [5.41, 5.74) is 2.05. The van der Waals surface area contributed by atoms with Crippen LogP contribution in [0.1, 0.15) is 42.6 Å². The molecule has 2 aromatic rings. The lowest BCUT2D eigenvalue weighted by atomic mass is 10.2. The Bertz CT molecular complexity index is 803. The number of carbonyl (C=O) groups is 2. The molecule has 0 fully saturated rings. The molecule has 0 unspecified atom stereocenters. The van der Waals surface area contributed by atoms with Gasteiger partial charge in [-0.05, 0) is 67.3 Å². The first-order chi connectivity index (χ1) is 13.3. The number of rotatable bonds is 9. The molecule has 0 bridgehead atoms. The summed E-state index contributed by atoms with van der Waals surface area (Å²) in [6, 6.07) is 12.1. The Kier molecular flexibility index (Phi) is 8.33. The van der Waals surface area contributed by atoms with Gasteiger partial charge in [-0.3, -0.25) is 4.79 Å². The van der Waals surface area contributed by atoms with Crippen molar-refractivity contribution in [2.45, 2.75) is 33.6 Å². The minimum absolute atomic E-state index is 0.106. The van der Waals surface area contributed by atoms with Gasteiger partial charge in [0.1, 0.15) is 5.75 Å². The molecule has 150 valence electrons. The normalized spacial score (nSPS) is 10.6. The highest BCUT2D eigenvalue weighted by molar-refractivity contribution is 6.31. The van der Waals surface area contributed by atoms with Crippen molar-refractivity contribution in [2.75, 3.05) is 18.5 Å². The predicted molar refractivity (Wildman–Crippen MR) is 111 cm³/mol. The highest BCUT2D eigenvalue weighted by atomic mass is 35.5. The van der Waals surface area contributed by atoms with E-state index in [0.29, 0.717) is 42.3 Å². The van der Waals surface area contributed by atoms with Gasteiger partial charge in [0.25, 0.3) is 0 Å². The molecule has 0 aromatic heterocycles. The van der Waals surface area contributed by atoms with Gasteiger partial charge in [-0.1, -0.05) is 25.4 Å². The zero-order chi connectivity index (χ0) is 20.5. The largest absolute Gasteiger partial charge is 0.494 e. The van der Waals surface area contributed by atoms with Crippen molar-refractivity contribution in [3.8, 4) is 5.75 Å². The van der Waals surface area contributed by atoms with Gasteiger partial charge in [-0.25, -0.2) is 4.79 Å². The molecule has 0 heterocycles. The Labute approximate surface area is 171 Å². The molecule has 0 aliphatic heterocycles. The Morgan fingerprint density at radius 3 is 2.46 bits per heavy atom. The highest BCUT2D eigenvalue weighted by Crippen LogP contribution is 2.21. The van der Waals surface area contributed by atoms with Crippen molar-refractivity contribution in [1.29, 1.82) is 0 Å². The first-order valence-corrected chi connectivity index (χ1v) is 9.69. The maximum Gasteiger partial charge on any atom is 0.338 e. The van der Waals surface area contributed by atoms with Crippen LogP contribution in [0.5, 0.6) is 5.75 Å². The Morgan fingerprint density at radius 1 is 1.11 bits per heavy atom. The summed E-state index contributed by atoms with van der Waals surface area (Å²) in [4.78, 5) is 23.9. The average molecular weight is 404 g/mol. The number of anilines is 1. The smallest absolute Gasteiger partial charge is 0.338 e. The van der Waals surface area contributed by atoms with Crippen LogP contribution in [-0.2, 0) is 9.53 Å². The second kappa shape index (κ2) is 10.7. The molecule has 2 rings (SSSR count). The third kappa shape index (κ3) is 7.24. The molecule has 0 aliphatic carbocycles. The summed E-state index contributed by atoms with van der Waals surface area (Å²) in [5, 5.41) is 3.51. The van der Waals surface area contributed by atoms with Crippen molar-refractivity contribution in [3.05, 3.63) is 58.6 Å². The maximum atomic E-state index is 12.0. The molecule has 0 spiro atoms. The van der Waals surface area contributed by atoms with Gasteiger partial charge in [0.05, 0.1) is 18.8 Å². The standard InChI is InChI=1S/C22H26ClNO4/c1-15(2)14-28-22(26)17-6-8-18(9-7-17)24-21(25)5-4-12-27-19-10-11-20(23)16(3)13-19/h6-11,13,15H,4-5,12,14H2,1-3H3,(H,24,25). The molecule has 2 aromatic carbocycles. The number of hydrogen-bond acceptors (Lipinski definition) is 4. The SMILES string of the molecule is Cc1cc(OCCCC(=O)Nc2ccc(C(=O)OCC(C)C)cc2)ccc1Cl. The number of ether oxygens (including phenoxy) is 2. The third-order valence-electron chi connectivity index (χ3n) is 3.90. The minimum atomic E-state index is -0.360. The summed E-state index contributed by atoms with van der Waals surface area (Å²) in [5.74, 6) is 0.560. The predicted octanol–water partition coefficient (Wildman–Crippen LogP) is 5.26. The second-order valence-corrected chi connectivity index (χ2v) is 7.39. The van der Waals surface area contributed by atoms with E-state index in [-0.39, 0.29) is 17.8 Å². The second-order valence-electron chi connectivity index (χ2n) is 6.98.